The molecule has 0 aromatic carbocycles. The first kappa shape index (κ1) is 16.9. The molecule has 0 radical (unpaired) electrons. The maximum Gasteiger partial charge on any atom is 0.306 e. The fourth-order valence-electron chi connectivity index (χ4n) is 1.37. The highest BCUT2D eigenvalue weighted by Gasteiger charge is 2.18. The van der Waals surface area contributed by atoms with E-state index in [1.807, 2.05) is 20.8 Å². The number of carbonyl (C=O) groups excluding carboxylic acids is 2. The Labute approximate surface area is 111 Å². The van der Waals surface area contributed by atoms with Gasteiger partial charge in [0.2, 0.25) is 5.91 Å². The minimum atomic E-state index is -0.482. The van der Waals surface area contributed by atoms with Crippen molar-refractivity contribution in [1.29, 1.82) is 0 Å². The molecule has 0 aromatic heterocycles. The highest BCUT2D eigenvalue weighted by atomic mass is 16.6. The predicted octanol–water partition coefficient (Wildman–Crippen LogP) is 2.61. The van der Waals surface area contributed by atoms with Crippen LogP contribution in [0.3, 0.4) is 0 Å². The second-order valence-electron chi connectivity index (χ2n) is 6.08. The van der Waals surface area contributed by atoms with E-state index in [4.69, 9.17) is 4.74 Å². The molecule has 4 nitrogen and oxygen atoms in total. The number of esters is 1. The van der Waals surface area contributed by atoms with E-state index in [9.17, 15) is 9.59 Å². The van der Waals surface area contributed by atoms with Gasteiger partial charge in [-0.05, 0) is 33.1 Å². The van der Waals surface area contributed by atoms with E-state index in [0.717, 1.165) is 13.0 Å². The van der Waals surface area contributed by atoms with Crippen LogP contribution in [0.4, 0.5) is 0 Å². The molecular formula is C14H27NO3. The van der Waals surface area contributed by atoms with Crippen molar-refractivity contribution < 1.29 is 14.3 Å². The van der Waals surface area contributed by atoms with E-state index >= 15 is 0 Å². The maximum absolute atomic E-state index is 11.7. The van der Waals surface area contributed by atoms with Crippen LogP contribution in [-0.4, -0.2) is 36.0 Å². The van der Waals surface area contributed by atoms with Gasteiger partial charge < -0.3 is 9.64 Å². The van der Waals surface area contributed by atoms with Crippen LogP contribution in [0.25, 0.3) is 0 Å². The molecule has 4 heteroatoms. The van der Waals surface area contributed by atoms with Crippen LogP contribution >= 0.6 is 0 Å². The monoisotopic (exact) mass is 257 g/mol. The molecule has 0 heterocycles. The van der Waals surface area contributed by atoms with Crippen molar-refractivity contribution in [2.24, 2.45) is 5.92 Å². The van der Waals surface area contributed by atoms with Crippen LogP contribution < -0.4 is 0 Å². The molecule has 0 aliphatic rings. The van der Waals surface area contributed by atoms with Crippen molar-refractivity contribution in [2.75, 3.05) is 13.6 Å². The van der Waals surface area contributed by atoms with Crippen molar-refractivity contribution >= 4 is 11.9 Å². The second kappa shape index (κ2) is 7.39. The number of hydrogen-bond donors (Lipinski definition) is 0. The number of rotatable bonds is 6. The number of ether oxygens (including phenoxy) is 1. The maximum atomic E-state index is 11.7. The van der Waals surface area contributed by atoms with Crippen LogP contribution in [0.2, 0.25) is 0 Å². The smallest absolute Gasteiger partial charge is 0.306 e. The first-order valence-electron chi connectivity index (χ1n) is 6.57. The SMILES string of the molecule is CC(C)CCN(C)C(=O)CCC(=O)OC(C)(C)C. The summed E-state index contributed by atoms with van der Waals surface area (Å²) in [6.45, 7) is 10.5. The molecule has 0 bridgehead atoms. The molecule has 1 amide bonds. The van der Waals surface area contributed by atoms with E-state index in [1.54, 1.807) is 11.9 Å². The zero-order chi connectivity index (χ0) is 14.3. The molecule has 0 saturated carbocycles. The van der Waals surface area contributed by atoms with E-state index < -0.39 is 5.60 Å². The molecule has 0 rings (SSSR count). The Hall–Kier alpha value is -1.06. The summed E-state index contributed by atoms with van der Waals surface area (Å²) in [7, 11) is 1.78. The van der Waals surface area contributed by atoms with Gasteiger partial charge in [0.15, 0.2) is 0 Å². The van der Waals surface area contributed by atoms with Gasteiger partial charge in [0.05, 0.1) is 6.42 Å². The van der Waals surface area contributed by atoms with Crippen molar-refractivity contribution in [2.45, 2.75) is 59.5 Å². The summed E-state index contributed by atoms with van der Waals surface area (Å²) in [5.74, 6) is 0.265. The minimum Gasteiger partial charge on any atom is -0.460 e. The third-order valence-corrected chi connectivity index (χ3v) is 2.43. The standard InChI is InChI=1S/C14H27NO3/c1-11(2)9-10-15(6)12(16)7-8-13(17)18-14(3,4)5/h11H,7-10H2,1-6H3. The van der Waals surface area contributed by atoms with Gasteiger partial charge in [-0.3, -0.25) is 9.59 Å². The highest BCUT2D eigenvalue weighted by molar-refractivity contribution is 5.81. The average molecular weight is 257 g/mol. The molecule has 0 N–H and O–H groups in total. The van der Waals surface area contributed by atoms with Gasteiger partial charge in [-0.15, -0.1) is 0 Å². The first-order chi connectivity index (χ1) is 8.11. The zero-order valence-corrected chi connectivity index (χ0v) is 12.6. The predicted molar refractivity (Wildman–Crippen MR) is 72.2 cm³/mol. The van der Waals surface area contributed by atoms with E-state index in [2.05, 4.69) is 13.8 Å². The second-order valence-corrected chi connectivity index (χ2v) is 6.08. The molecule has 0 aliphatic heterocycles. The molecule has 0 saturated heterocycles. The number of carbonyl (C=O) groups is 2. The number of amides is 1. The normalized spacial score (nSPS) is 11.5. The Morgan fingerprint density at radius 1 is 1.17 bits per heavy atom. The van der Waals surface area contributed by atoms with E-state index in [-0.39, 0.29) is 24.7 Å². The lowest BCUT2D eigenvalue weighted by molar-refractivity contribution is -0.156. The van der Waals surface area contributed by atoms with Gasteiger partial charge in [-0.2, -0.15) is 0 Å². The first-order valence-corrected chi connectivity index (χ1v) is 6.57. The molecule has 0 atom stereocenters. The molecule has 0 spiro atoms. The number of hydrogen-bond acceptors (Lipinski definition) is 3. The zero-order valence-electron chi connectivity index (χ0n) is 12.6. The molecular weight excluding hydrogens is 230 g/mol. The molecule has 0 aromatic rings. The lowest BCUT2D eigenvalue weighted by Gasteiger charge is -2.21. The Kier molecular flexibility index (Phi) is 6.96. The molecule has 18 heavy (non-hydrogen) atoms. The largest absolute Gasteiger partial charge is 0.460 e. The van der Waals surface area contributed by atoms with Gasteiger partial charge in [0.1, 0.15) is 5.60 Å². The molecule has 0 fully saturated rings. The summed E-state index contributed by atoms with van der Waals surface area (Å²) >= 11 is 0. The van der Waals surface area contributed by atoms with Crippen molar-refractivity contribution in [1.82, 2.24) is 4.90 Å². The quantitative estimate of drug-likeness (QED) is 0.687. The number of nitrogens with zero attached hydrogens (tertiary/aromatic N) is 1. The summed E-state index contributed by atoms with van der Waals surface area (Å²) in [5.41, 5.74) is -0.482. The third kappa shape index (κ3) is 9.02. The highest BCUT2D eigenvalue weighted by Crippen LogP contribution is 2.10. The molecule has 0 aliphatic carbocycles. The van der Waals surface area contributed by atoms with E-state index in [1.165, 1.54) is 0 Å². The Morgan fingerprint density at radius 2 is 1.72 bits per heavy atom. The van der Waals surface area contributed by atoms with Gasteiger partial charge in [0, 0.05) is 20.0 Å². The molecule has 0 unspecified atom stereocenters. The summed E-state index contributed by atoms with van der Waals surface area (Å²) in [6.07, 6.45) is 1.36. The fraction of sp³-hybridized carbons (Fsp3) is 0.857. The Bertz CT molecular complexity index is 279. The topological polar surface area (TPSA) is 46.6 Å². The summed E-state index contributed by atoms with van der Waals surface area (Å²) < 4.78 is 5.16. The molecule has 106 valence electrons. The fourth-order valence-corrected chi connectivity index (χ4v) is 1.37. The Balaban J connectivity index is 3.92. The van der Waals surface area contributed by atoms with E-state index in [0.29, 0.717) is 5.92 Å². The van der Waals surface area contributed by atoms with Crippen molar-refractivity contribution in [3.63, 3.8) is 0 Å². The van der Waals surface area contributed by atoms with Crippen LogP contribution in [0.1, 0.15) is 53.9 Å². The summed E-state index contributed by atoms with van der Waals surface area (Å²) in [5, 5.41) is 0. The van der Waals surface area contributed by atoms with Gasteiger partial charge in [-0.25, -0.2) is 0 Å². The van der Waals surface area contributed by atoms with Crippen LogP contribution in [-0.2, 0) is 14.3 Å². The van der Waals surface area contributed by atoms with Gasteiger partial charge in [-0.1, -0.05) is 13.8 Å². The summed E-state index contributed by atoms with van der Waals surface area (Å²) in [4.78, 5) is 24.9. The average Bonchev–Trinajstić information content (AvgIpc) is 2.19. The van der Waals surface area contributed by atoms with Crippen molar-refractivity contribution in [3.8, 4) is 0 Å². The van der Waals surface area contributed by atoms with Crippen molar-refractivity contribution in [3.05, 3.63) is 0 Å². The van der Waals surface area contributed by atoms with Crippen LogP contribution in [0.15, 0.2) is 0 Å². The van der Waals surface area contributed by atoms with Crippen LogP contribution in [0, 0.1) is 5.92 Å². The van der Waals surface area contributed by atoms with Gasteiger partial charge >= 0.3 is 5.97 Å². The summed E-state index contributed by atoms with van der Waals surface area (Å²) in [6, 6.07) is 0. The minimum absolute atomic E-state index is 0.00140. The van der Waals surface area contributed by atoms with Gasteiger partial charge in [0.25, 0.3) is 0 Å². The lowest BCUT2D eigenvalue weighted by atomic mass is 10.1. The van der Waals surface area contributed by atoms with Crippen LogP contribution in [0.5, 0.6) is 0 Å². The lowest BCUT2D eigenvalue weighted by Crippen LogP contribution is -2.30. The Morgan fingerprint density at radius 3 is 2.17 bits per heavy atom. The third-order valence-electron chi connectivity index (χ3n) is 2.43.